The van der Waals surface area contributed by atoms with Crippen molar-refractivity contribution in [3.63, 3.8) is 0 Å². The highest BCUT2D eigenvalue weighted by atomic mass is 35.5. The number of nitrogens with zero attached hydrogens (tertiary/aromatic N) is 9. The van der Waals surface area contributed by atoms with E-state index in [0.717, 1.165) is 19.3 Å². The lowest BCUT2D eigenvalue weighted by Gasteiger charge is -2.21. The molecule has 2 aromatic carbocycles. The van der Waals surface area contributed by atoms with Gasteiger partial charge in [-0.1, -0.05) is 43.7 Å². The summed E-state index contributed by atoms with van der Waals surface area (Å²) < 4.78 is 82.7. The van der Waals surface area contributed by atoms with Gasteiger partial charge in [0, 0.05) is 61.0 Å². The lowest BCUT2D eigenvalue weighted by atomic mass is 9.88. The molecule has 5 heterocycles. The van der Waals surface area contributed by atoms with E-state index >= 15 is 4.39 Å². The van der Waals surface area contributed by atoms with E-state index in [2.05, 4.69) is 51.2 Å². The predicted octanol–water partition coefficient (Wildman–Crippen LogP) is 9.20. The Bertz CT molecular complexity index is 3520. The summed E-state index contributed by atoms with van der Waals surface area (Å²) in [5, 5.41) is 36.0. The zero-order valence-electron chi connectivity index (χ0n) is 52.1. The molecule has 0 bridgehead atoms. The number of anilines is 1. The molecular weight excluding hydrogens is 1220 g/mol. The molecule has 0 aliphatic carbocycles. The minimum absolute atomic E-state index is 0.0355. The molecule has 0 aliphatic rings. The van der Waals surface area contributed by atoms with E-state index in [1.807, 2.05) is 33.0 Å². The third-order valence-electron chi connectivity index (χ3n) is 13.6. The highest BCUT2D eigenvalue weighted by Gasteiger charge is 2.25. The molecular formula is C64H77ClF2N12O13. The monoisotopic (exact) mass is 1290 g/mol. The van der Waals surface area contributed by atoms with Gasteiger partial charge in [-0.25, -0.2) is 38.5 Å². The number of aryl methyl sites for hydroxylation is 2. The van der Waals surface area contributed by atoms with Crippen molar-refractivity contribution in [3.8, 4) is 40.7 Å². The van der Waals surface area contributed by atoms with Gasteiger partial charge in [-0.15, -0.1) is 5.10 Å². The molecule has 0 spiro atoms. The molecule has 28 heteroatoms. The number of unbranched alkanes of at least 4 members (excludes halogenated alkanes) is 2. The zero-order chi connectivity index (χ0) is 65.7. The predicted molar refractivity (Wildman–Crippen MR) is 333 cm³/mol. The van der Waals surface area contributed by atoms with Gasteiger partial charge in [-0.05, 0) is 87.8 Å². The van der Waals surface area contributed by atoms with Gasteiger partial charge in [0.15, 0.2) is 12.4 Å². The fourth-order valence-corrected chi connectivity index (χ4v) is 8.90. The van der Waals surface area contributed by atoms with Crippen molar-refractivity contribution in [2.45, 2.75) is 92.0 Å². The molecule has 0 unspecified atom stereocenters. The van der Waals surface area contributed by atoms with Gasteiger partial charge in [0.1, 0.15) is 40.3 Å². The molecule has 492 valence electrons. The van der Waals surface area contributed by atoms with Crippen LogP contribution in [0.25, 0.3) is 22.3 Å². The Labute approximate surface area is 536 Å². The number of carboxylic acids is 1. The Hall–Kier alpha value is -8.62. The number of halogens is 3. The molecule has 4 N–H and O–H groups in total. The van der Waals surface area contributed by atoms with Crippen molar-refractivity contribution >= 4 is 46.1 Å². The summed E-state index contributed by atoms with van der Waals surface area (Å²) in [4.78, 5) is 58.5. The van der Waals surface area contributed by atoms with Crippen molar-refractivity contribution in [2.24, 2.45) is 5.41 Å². The van der Waals surface area contributed by atoms with Crippen LogP contribution in [-0.2, 0) is 51.2 Å². The molecule has 92 heavy (non-hydrogen) atoms. The van der Waals surface area contributed by atoms with E-state index in [0.29, 0.717) is 138 Å². The molecule has 7 rings (SSSR count). The number of benzene rings is 2. The number of carbonyl (C=O) groups excluding carboxylic acids is 2. The van der Waals surface area contributed by atoms with Gasteiger partial charge in [-0.2, -0.15) is 5.26 Å². The van der Waals surface area contributed by atoms with Crippen LogP contribution in [0.5, 0.6) is 23.4 Å². The quantitative estimate of drug-likeness (QED) is 0.0259. The Kier molecular flexibility index (Phi) is 28.5. The van der Waals surface area contributed by atoms with Crippen LogP contribution in [0.1, 0.15) is 98.7 Å². The van der Waals surface area contributed by atoms with Crippen LogP contribution >= 0.6 is 11.6 Å². The first-order valence-corrected chi connectivity index (χ1v) is 30.4. The van der Waals surface area contributed by atoms with Crippen molar-refractivity contribution in [3.05, 3.63) is 130 Å². The number of nitriles is 1. The highest BCUT2D eigenvalue weighted by Crippen LogP contribution is 2.37. The fourth-order valence-electron chi connectivity index (χ4n) is 8.72. The number of rotatable bonds is 41. The van der Waals surface area contributed by atoms with E-state index in [1.54, 1.807) is 42.8 Å². The van der Waals surface area contributed by atoms with Gasteiger partial charge in [-0.3, -0.25) is 14.3 Å². The number of carboxylic acid groups (broad SMARTS) is 1. The third-order valence-corrected chi connectivity index (χ3v) is 14.0. The summed E-state index contributed by atoms with van der Waals surface area (Å²) in [6.07, 6.45) is 9.32. The summed E-state index contributed by atoms with van der Waals surface area (Å²) in [5.41, 5.74) is 2.89. The Morgan fingerprint density at radius 2 is 1.46 bits per heavy atom. The van der Waals surface area contributed by atoms with E-state index in [1.165, 1.54) is 55.0 Å². The Morgan fingerprint density at radius 1 is 0.772 bits per heavy atom. The second kappa shape index (κ2) is 37.0. The van der Waals surface area contributed by atoms with Crippen LogP contribution in [0.3, 0.4) is 0 Å². The van der Waals surface area contributed by atoms with Gasteiger partial charge in [0.05, 0.1) is 137 Å². The van der Waals surface area contributed by atoms with Crippen molar-refractivity contribution in [1.82, 2.24) is 50.5 Å². The standard InChI is InChI=1S/C64H77ClF2N12O13/c1-42(50-32-44(35-68)12-14-51(50)66)74-60-57(65)43(2)73-54-34-52(67)58(76-59(54)60)46-37-71-63(72-38-46)90-20-8-6-7-19-79-39-47(77-78-79)40-89-31-30-88-29-28-87-27-26-86-25-24-85-23-22-84-21-18-69-55(80)41-91-48-10-9-11-49(33-48)92-56-15-13-45(36-70-56)61(81)75-53(62(82)83)16-17-64(3,4)5/h9-15,32-34,36-39,42,53H,6-8,16-31,40-41H2,1-5H3,(H,69,80)(H,73,74)(H,75,81)(H,82,83)/t42-,53+/m1/s1. The SMILES string of the molecule is Cc1nc2cc(F)c(-c3cnc(OCCCCCn4cc(COCCOCCOCCOCCOCCOCCNC(=O)COc5cccc(Oc6ccc(C(=O)N[C@@H](CCC(C)(C)C)C(=O)O)cn6)c5)nn4)nc3)nc2c(N[C@H](C)c2cc(C#N)ccc2F)c1Cl. The number of pyridine rings is 3. The second-order valence-corrected chi connectivity index (χ2v) is 22.5. The van der Waals surface area contributed by atoms with Crippen LogP contribution in [0.4, 0.5) is 14.5 Å². The topological polar surface area (TPSA) is 310 Å². The number of carbonyl (C=O) groups is 3. The van der Waals surface area contributed by atoms with E-state index < -0.39 is 35.6 Å². The van der Waals surface area contributed by atoms with Gasteiger partial charge in [0.25, 0.3) is 11.8 Å². The van der Waals surface area contributed by atoms with E-state index in [-0.39, 0.29) is 75.8 Å². The minimum atomic E-state index is -1.10. The van der Waals surface area contributed by atoms with E-state index in [4.69, 9.17) is 54.2 Å². The smallest absolute Gasteiger partial charge is 0.326 e. The maximum absolute atomic E-state index is 15.5. The Morgan fingerprint density at radius 3 is 2.12 bits per heavy atom. The molecule has 2 amide bonds. The van der Waals surface area contributed by atoms with Crippen molar-refractivity contribution < 1.29 is 70.9 Å². The Balaban J connectivity index is 0.634. The first-order valence-electron chi connectivity index (χ1n) is 30.0. The average molecular weight is 1300 g/mol. The lowest BCUT2D eigenvalue weighted by Crippen LogP contribution is -2.41. The first-order chi connectivity index (χ1) is 44.4. The summed E-state index contributed by atoms with van der Waals surface area (Å²) in [6, 6.07) is 15.5. The molecule has 2 atom stereocenters. The van der Waals surface area contributed by atoms with Gasteiger partial charge >= 0.3 is 12.0 Å². The summed E-state index contributed by atoms with van der Waals surface area (Å²) >= 11 is 6.68. The third kappa shape index (κ3) is 23.9. The average Bonchev–Trinajstić information content (AvgIpc) is 0.918. The molecule has 0 saturated heterocycles. The second-order valence-electron chi connectivity index (χ2n) is 22.1. The lowest BCUT2D eigenvalue weighted by molar-refractivity contribution is -0.139. The molecule has 0 radical (unpaired) electrons. The van der Waals surface area contributed by atoms with Gasteiger partial charge < -0.3 is 63.7 Å². The first kappa shape index (κ1) is 70.8. The van der Waals surface area contributed by atoms with Crippen molar-refractivity contribution in [2.75, 3.05) is 97.8 Å². The van der Waals surface area contributed by atoms with Crippen LogP contribution in [-0.4, -0.2) is 161 Å². The molecule has 0 saturated carbocycles. The number of aromatic nitrogens is 8. The summed E-state index contributed by atoms with van der Waals surface area (Å²) in [7, 11) is 0. The van der Waals surface area contributed by atoms with Crippen molar-refractivity contribution in [1.29, 1.82) is 5.26 Å². The van der Waals surface area contributed by atoms with E-state index in [9.17, 15) is 29.1 Å². The minimum Gasteiger partial charge on any atom is -0.484 e. The number of ether oxygens (including phenoxy) is 9. The molecule has 7 aromatic rings. The number of hydrogen-bond acceptors (Lipinski definition) is 21. The number of amides is 2. The maximum Gasteiger partial charge on any atom is 0.326 e. The molecule has 0 fully saturated rings. The number of aliphatic carboxylic acids is 1. The fraction of sp³-hybridized carbons (Fsp3) is 0.453. The normalized spacial score (nSPS) is 12.1. The molecule has 0 aliphatic heterocycles. The number of hydrogen-bond donors (Lipinski definition) is 4. The largest absolute Gasteiger partial charge is 0.484 e. The molecule has 5 aromatic heterocycles. The van der Waals surface area contributed by atoms with Crippen LogP contribution < -0.4 is 30.2 Å². The zero-order valence-corrected chi connectivity index (χ0v) is 52.8. The van der Waals surface area contributed by atoms with Crippen LogP contribution in [0, 0.1) is 35.3 Å². The van der Waals surface area contributed by atoms with Crippen LogP contribution in [0.15, 0.2) is 85.5 Å². The summed E-state index contributed by atoms with van der Waals surface area (Å²) in [5.74, 6) is -2.15. The van der Waals surface area contributed by atoms with Gasteiger partial charge in [0.2, 0.25) is 5.88 Å². The highest BCUT2D eigenvalue weighted by molar-refractivity contribution is 6.35. The van der Waals surface area contributed by atoms with Crippen LogP contribution in [0.2, 0.25) is 5.02 Å². The molecule has 25 nitrogen and oxygen atoms in total. The summed E-state index contributed by atoms with van der Waals surface area (Å²) in [6.45, 7) is 15.0. The maximum atomic E-state index is 15.5. The number of fused-ring (bicyclic) bond motifs is 1. The number of nitrogens with one attached hydrogen (secondary N) is 3.